The van der Waals surface area contributed by atoms with Crippen molar-refractivity contribution in [2.24, 2.45) is 0 Å². The first-order chi connectivity index (χ1) is 33.4. The van der Waals surface area contributed by atoms with Crippen LogP contribution in [-0.2, 0) is 27.9 Å². The molecule has 0 fully saturated rings. The number of amides is 1. The molecule has 0 aliphatic heterocycles. The molecule has 0 aliphatic carbocycles. The van der Waals surface area contributed by atoms with Crippen LogP contribution >= 0.6 is 7.82 Å². The van der Waals surface area contributed by atoms with Gasteiger partial charge in [0, 0.05) is 12.8 Å². The summed E-state index contributed by atoms with van der Waals surface area (Å²) in [6.07, 6.45) is 60.7. The number of rotatable bonds is 51. The Bertz CT molecular complexity index is 1370. The Labute approximate surface area is 426 Å². The number of likely N-dealkylation sites (N-methyl/N-ethyl adjacent to an activating group) is 1. The van der Waals surface area contributed by atoms with E-state index in [1.54, 1.807) is 0 Å². The van der Waals surface area contributed by atoms with Crippen LogP contribution < -0.4 is 5.32 Å². The fraction of sp³-hybridized carbons (Fsp3) is 0.797. The molecule has 0 saturated carbocycles. The minimum atomic E-state index is -4.45. The first-order valence-electron chi connectivity index (χ1n) is 28.6. The molecule has 3 atom stereocenters. The van der Waals surface area contributed by atoms with Crippen LogP contribution in [-0.4, -0.2) is 74.3 Å². The zero-order valence-electron chi connectivity index (χ0n) is 45.8. The summed E-state index contributed by atoms with van der Waals surface area (Å²) in [5.74, 6) is -0.537. The second kappa shape index (κ2) is 49.3. The lowest BCUT2D eigenvalue weighted by atomic mass is 10.0. The number of quaternary nitrogens is 1. The average molecular weight is 991 g/mol. The Morgan fingerprint density at radius 3 is 1.41 bits per heavy atom. The number of nitrogens with zero attached hydrogens (tertiary/aromatic N) is 1. The summed E-state index contributed by atoms with van der Waals surface area (Å²) in [6, 6.07) is -0.863. The monoisotopic (exact) mass is 990 g/mol. The zero-order valence-corrected chi connectivity index (χ0v) is 46.7. The fourth-order valence-electron chi connectivity index (χ4n) is 8.05. The van der Waals surface area contributed by atoms with Gasteiger partial charge in [-0.3, -0.25) is 18.6 Å². The number of nitrogens with one attached hydrogen (secondary N) is 1. The van der Waals surface area contributed by atoms with Crippen LogP contribution in [0.2, 0.25) is 0 Å². The maximum absolute atomic E-state index is 13.5. The van der Waals surface area contributed by atoms with E-state index in [-0.39, 0.29) is 31.5 Å². The molecule has 0 aliphatic rings. The summed E-state index contributed by atoms with van der Waals surface area (Å²) < 4.78 is 30.6. The van der Waals surface area contributed by atoms with Crippen molar-refractivity contribution in [1.82, 2.24) is 5.32 Å². The summed E-state index contributed by atoms with van der Waals surface area (Å²) in [6.45, 7) is 6.88. The maximum atomic E-state index is 13.5. The number of phosphoric acid groups is 1. The van der Waals surface area contributed by atoms with Crippen molar-refractivity contribution in [2.45, 2.75) is 264 Å². The summed E-state index contributed by atoms with van der Waals surface area (Å²) >= 11 is 0. The number of ether oxygens (including phenoxy) is 1. The predicted octanol–water partition coefficient (Wildman–Crippen LogP) is 17.1. The normalized spacial score (nSPS) is 14.2. The van der Waals surface area contributed by atoms with Crippen molar-refractivity contribution in [3.63, 3.8) is 0 Å². The molecule has 0 aromatic heterocycles. The lowest BCUT2D eigenvalue weighted by Crippen LogP contribution is -2.47. The molecule has 0 rings (SSSR count). The number of allylic oxidation sites excluding steroid dienone is 9. The number of hydrogen-bond donors (Lipinski definition) is 2. The Morgan fingerprint density at radius 1 is 0.522 bits per heavy atom. The molecule has 0 heterocycles. The van der Waals surface area contributed by atoms with Gasteiger partial charge in [-0.25, -0.2) is 4.57 Å². The van der Waals surface area contributed by atoms with E-state index >= 15 is 0 Å². The second-order valence-corrected chi connectivity index (χ2v) is 21.9. The highest BCUT2D eigenvalue weighted by Gasteiger charge is 2.30. The Kier molecular flexibility index (Phi) is 47.7. The van der Waals surface area contributed by atoms with E-state index in [2.05, 4.69) is 74.7 Å². The van der Waals surface area contributed by atoms with Crippen LogP contribution in [0.3, 0.4) is 0 Å². The molecular weight excluding hydrogens is 880 g/mol. The van der Waals surface area contributed by atoms with Gasteiger partial charge in [0.25, 0.3) is 0 Å². The third kappa shape index (κ3) is 50.4. The van der Waals surface area contributed by atoms with Crippen molar-refractivity contribution >= 4 is 19.7 Å². The van der Waals surface area contributed by atoms with E-state index in [1.807, 2.05) is 33.3 Å². The molecule has 0 spiro atoms. The van der Waals surface area contributed by atoms with Crippen molar-refractivity contribution in [2.75, 3.05) is 40.9 Å². The standard InChI is InChI=1S/C59H109N2O7P/c1-7-10-13-16-19-22-25-28-30-31-33-36-39-42-45-48-51-58(62)60-56(55-67-69(64,65)66-54-53-61(4,5)6)57(50-47-44-41-38-35-32-27-24-21-18-15-12-9-3)68-59(63)52-49-46-43-40-37-34-29-26-23-20-17-14-11-8-2/h10,13,19,22,28,30,33,36,47,50,56-57H,7-9,11-12,14-18,20-21,23-27,29,31-32,34-35,37-46,48-49,51-55H2,1-6H3,(H-,60,62,64,65)/p+1/b13-10+,22-19+,30-28+,36-33+,50-47+. The number of esters is 1. The SMILES string of the molecule is CC/C=C/C/C=C/C/C=C/C/C=C/CCCCCC(=O)NC(COP(=O)(O)OCC[N+](C)(C)C)C(/C=C/CCCCCCCCCCCCC)OC(=O)CCCCCCCCCCCCCCCC. The van der Waals surface area contributed by atoms with E-state index in [4.69, 9.17) is 13.8 Å². The van der Waals surface area contributed by atoms with Crippen LogP contribution in [0.4, 0.5) is 0 Å². The van der Waals surface area contributed by atoms with Crippen LogP contribution in [0.25, 0.3) is 0 Å². The van der Waals surface area contributed by atoms with Crippen molar-refractivity contribution in [3.8, 4) is 0 Å². The lowest BCUT2D eigenvalue weighted by Gasteiger charge is -2.27. The largest absolute Gasteiger partial charge is 0.472 e. The Morgan fingerprint density at radius 2 is 0.928 bits per heavy atom. The van der Waals surface area contributed by atoms with Gasteiger partial charge >= 0.3 is 13.8 Å². The van der Waals surface area contributed by atoms with E-state index in [0.717, 1.165) is 83.5 Å². The van der Waals surface area contributed by atoms with E-state index in [9.17, 15) is 19.0 Å². The molecule has 2 N–H and O–H groups in total. The van der Waals surface area contributed by atoms with Gasteiger partial charge in [-0.1, -0.05) is 230 Å². The molecule has 0 saturated heterocycles. The minimum absolute atomic E-state index is 0.0334. The van der Waals surface area contributed by atoms with Crippen molar-refractivity contribution in [1.29, 1.82) is 0 Å². The van der Waals surface area contributed by atoms with Gasteiger partial charge < -0.3 is 19.4 Å². The first kappa shape index (κ1) is 66.7. The summed E-state index contributed by atoms with van der Waals surface area (Å²) in [5, 5.41) is 3.03. The molecule has 0 aromatic rings. The summed E-state index contributed by atoms with van der Waals surface area (Å²) in [7, 11) is 1.47. The van der Waals surface area contributed by atoms with Gasteiger partial charge in [-0.2, -0.15) is 0 Å². The summed E-state index contributed by atoms with van der Waals surface area (Å²) in [5.41, 5.74) is 0. The first-order valence-corrected chi connectivity index (χ1v) is 30.1. The molecule has 1 amide bonds. The maximum Gasteiger partial charge on any atom is 0.472 e. The molecule has 10 heteroatoms. The van der Waals surface area contributed by atoms with Crippen LogP contribution in [0, 0.1) is 0 Å². The zero-order chi connectivity index (χ0) is 50.8. The quantitative estimate of drug-likeness (QED) is 0.0205. The van der Waals surface area contributed by atoms with Crippen molar-refractivity contribution in [3.05, 3.63) is 60.8 Å². The molecule has 0 aromatic carbocycles. The topological polar surface area (TPSA) is 111 Å². The number of carbonyl (C=O) groups excluding carboxylic acids is 2. The highest BCUT2D eigenvalue weighted by Crippen LogP contribution is 2.43. The van der Waals surface area contributed by atoms with Gasteiger partial charge in [-0.15, -0.1) is 0 Å². The van der Waals surface area contributed by atoms with Crippen LogP contribution in [0.15, 0.2) is 60.8 Å². The van der Waals surface area contributed by atoms with Gasteiger partial charge in [0.2, 0.25) is 5.91 Å². The van der Waals surface area contributed by atoms with E-state index < -0.39 is 20.0 Å². The van der Waals surface area contributed by atoms with Gasteiger partial charge in [0.1, 0.15) is 19.3 Å². The number of unbranched alkanes of at least 4 members (excludes halogenated alkanes) is 27. The minimum Gasteiger partial charge on any atom is -0.456 e. The van der Waals surface area contributed by atoms with Gasteiger partial charge in [0.15, 0.2) is 0 Å². The molecule has 402 valence electrons. The average Bonchev–Trinajstić information content (AvgIpc) is 3.31. The highest BCUT2D eigenvalue weighted by atomic mass is 31.2. The number of carbonyl (C=O) groups is 2. The van der Waals surface area contributed by atoms with E-state index in [0.29, 0.717) is 23.9 Å². The fourth-order valence-corrected chi connectivity index (χ4v) is 8.78. The molecule has 69 heavy (non-hydrogen) atoms. The number of hydrogen-bond acceptors (Lipinski definition) is 6. The van der Waals surface area contributed by atoms with Crippen molar-refractivity contribution < 1.29 is 37.3 Å². The highest BCUT2D eigenvalue weighted by molar-refractivity contribution is 7.47. The van der Waals surface area contributed by atoms with Gasteiger partial charge in [0.05, 0.1) is 33.8 Å². The Balaban J connectivity index is 5.43. The smallest absolute Gasteiger partial charge is 0.456 e. The second-order valence-electron chi connectivity index (χ2n) is 20.4. The molecule has 3 unspecified atom stereocenters. The third-order valence-corrected chi connectivity index (χ3v) is 13.5. The summed E-state index contributed by atoms with van der Waals surface area (Å²) in [4.78, 5) is 37.6. The van der Waals surface area contributed by atoms with Crippen LogP contribution in [0.5, 0.6) is 0 Å². The molecule has 9 nitrogen and oxygen atoms in total. The molecule has 0 radical (unpaired) electrons. The lowest BCUT2D eigenvalue weighted by molar-refractivity contribution is -0.870. The third-order valence-electron chi connectivity index (χ3n) is 12.5. The van der Waals surface area contributed by atoms with E-state index in [1.165, 1.54) is 128 Å². The molecular formula is C59H110N2O7P+. The van der Waals surface area contributed by atoms with Gasteiger partial charge in [-0.05, 0) is 70.3 Å². The predicted molar refractivity (Wildman–Crippen MR) is 295 cm³/mol. The van der Waals surface area contributed by atoms with Crippen LogP contribution in [0.1, 0.15) is 252 Å². The Hall–Kier alpha value is -2.29. The molecule has 0 bridgehead atoms. The number of phosphoric ester groups is 1.